The van der Waals surface area contributed by atoms with Crippen molar-refractivity contribution in [2.45, 2.75) is 98.5 Å². The zero-order chi connectivity index (χ0) is 22.4. The first-order valence-corrected chi connectivity index (χ1v) is 11.9. The van der Waals surface area contributed by atoms with Gasteiger partial charge in [0.05, 0.1) is 17.7 Å². The summed E-state index contributed by atoms with van der Waals surface area (Å²) in [7, 11) is 0. The minimum atomic E-state index is -0.445. The van der Waals surface area contributed by atoms with E-state index in [0.29, 0.717) is 29.6 Å². The van der Waals surface area contributed by atoms with Crippen molar-refractivity contribution in [3.05, 3.63) is 35.4 Å². The van der Waals surface area contributed by atoms with Crippen molar-refractivity contribution in [3.63, 3.8) is 0 Å². The van der Waals surface area contributed by atoms with E-state index in [1.807, 2.05) is 0 Å². The lowest BCUT2D eigenvalue weighted by Gasteiger charge is -2.20. The normalized spacial score (nSPS) is 13.1. The molecule has 0 radical (unpaired) electrons. The summed E-state index contributed by atoms with van der Waals surface area (Å²) in [5.74, 6) is 0.234. The van der Waals surface area contributed by atoms with Crippen molar-refractivity contribution in [3.8, 4) is 0 Å². The van der Waals surface area contributed by atoms with Crippen molar-refractivity contribution < 1.29 is 19.1 Å². The van der Waals surface area contributed by atoms with Crippen LogP contribution >= 0.6 is 0 Å². The molecule has 0 spiro atoms. The van der Waals surface area contributed by atoms with Crippen LogP contribution in [-0.2, 0) is 9.47 Å². The van der Waals surface area contributed by atoms with E-state index in [-0.39, 0.29) is 6.10 Å². The lowest BCUT2D eigenvalue weighted by Crippen LogP contribution is -2.21. The third-order valence-corrected chi connectivity index (χ3v) is 5.70. The molecule has 0 amide bonds. The van der Waals surface area contributed by atoms with E-state index < -0.39 is 11.9 Å². The van der Waals surface area contributed by atoms with Gasteiger partial charge < -0.3 is 9.47 Å². The van der Waals surface area contributed by atoms with Crippen molar-refractivity contribution in [2.75, 3.05) is 6.61 Å². The fraction of sp³-hybridized carbons (Fsp3) is 0.692. The second-order valence-corrected chi connectivity index (χ2v) is 8.57. The molecule has 30 heavy (non-hydrogen) atoms. The number of ether oxygens (including phenoxy) is 2. The molecule has 1 aromatic rings. The highest BCUT2D eigenvalue weighted by Crippen LogP contribution is 2.22. The highest BCUT2D eigenvalue weighted by molar-refractivity contribution is 6.03. The van der Waals surface area contributed by atoms with Crippen LogP contribution in [0.3, 0.4) is 0 Å². The van der Waals surface area contributed by atoms with Crippen molar-refractivity contribution in [1.82, 2.24) is 0 Å². The minimum Gasteiger partial charge on any atom is -0.462 e. The molecule has 4 heteroatoms. The van der Waals surface area contributed by atoms with Crippen LogP contribution in [0, 0.1) is 11.8 Å². The quantitative estimate of drug-likeness (QED) is 0.223. The second-order valence-electron chi connectivity index (χ2n) is 8.57. The molecule has 0 saturated carbocycles. The summed E-state index contributed by atoms with van der Waals surface area (Å²) >= 11 is 0. The van der Waals surface area contributed by atoms with E-state index >= 15 is 0 Å². The predicted molar refractivity (Wildman–Crippen MR) is 123 cm³/mol. The molecule has 0 aromatic heterocycles. The number of esters is 2. The van der Waals surface area contributed by atoms with Gasteiger partial charge in [-0.1, -0.05) is 78.9 Å². The van der Waals surface area contributed by atoms with E-state index in [1.165, 1.54) is 0 Å². The molecule has 0 N–H and O–H groups in total. The highest BCUT2D eigenvalue weighted by atomic mass is 16.5. The van der Waals surface area contributed by atoms with Gasteiger partial charge in [-0.2, -0.15) is 0 Å². The average molecular weight is 419 g/mol. The van der Waals surface area contributed by atoms with Crippen LogP contribution < -0.4 is 0 Å². The molecular weight excluding hydrogens is 376 g/mol. The van der Waals surface area contributed by atoms with Crippen molar-refractivity contribution >= 4 is 11.9 Å². The fourth-order valence-electron chi connectivity index (χ4n) is 3.82. The van der Waals surface area contributed by atoms with Gasteiger partial charge in [0, 0.05) is 0 Å². The lowest BCUT2D eigenvalue weighted by molar-refractivity contribution is 0.0244. The van der Waals surface area contributed by atoms with E-state index in [2.05, 4.69) is 34.6 Å². The number of rotatable bonds is 15. The molecule has 170 valence electrons. The molecule has 0 aliphatic heterocycles. The maximum atomic E-state index is 12.8. The number of hydrogen-bond acceptors (Lipinski definition) is 4. The van der Waals surface area contributed by atoms with Crippen molar-refractivity contribution in [2.24, 2.45) is 11.8 Å². The Kier molecular flexibility index (Phi) is 13.1. The first-order chi connectivity index (χ1) is 14.4. The summed E-state index contributed by atoms with van der Waals surface area (Å²) in [6, 6.07) is 6.82. The van der Waals surface area contributed by atoms with Gasteiger partial charge in [0.25, 0.3) is 0 Å². The van der Waals surface area contributed by atoms with Gasteiger partial charge in [0.2, 0.25) is 0 Å². The second kappa shape index (κ2) is 15.0. The molecule has 1 rings (SSSR count). The van der Waals surface area contributed by atoms with Crippen LogP contribution in [0.5, 0.6) is 0 Å². The molecule has 0 heterocycles. The molecule has 0 fully saturated rings. The predicted octanol–water partition coefficient (Wildman–Crippen LogP) is 7.21. The molecule has 0 saturated heterocycles. The molecule has 0 bridgehead atoms. The van der Waals surface area contributed by atoms with Gasteiger partial charge >= 0.3 is 11.9 Å². The maximum Gasteiger partial charge on any atom is 0.339 e. The molecule has 0 aliphatic carbocycles. The SMILES string of the molecule is CCCCCC(CCC)OC(=O)c1ccccc1C(=O)OCCC(CCC)C(C)C. The van der Waals surface area contributed by atoms with E-state index in [0.717, 1.165) is 57.8 Å². The van der Waals surface area contributed by atoms with Gasteiger partial charge in [0.15, 0.2) is 0 Å². The molecule has 2 atom stereocenters. The van der Waals surface area contributed by atoms with Gasteiger partial charge in [-0.25, -0.2) is 9.59 Å². The van der Waals surface area contributed by atoms with Gasteiger partial charge in [-0.3, -0.25) is 0 Å². The van der Waals surface area contributed by atoms with Crippen LogP contribution in [0.25, 0.3) is 0 Å². The Morgan fingerprint density at radius 2 is 1.43 bits per heavy atom. The number of hydrogen-bond donors (Lipinski definition) is 0. The Bertz CT molecular complexity index is 623. The third kappa shape index (κ3) is 9.32. The number of unbranched alkanes of at least 4 members (excludes halogenated alkanes) is 2. The zero-order valence-corrected chi connectivity index (χ0v) is 19.7. The Hall–Kier alpha value is -1.84. The van der Waals surface area contributed by atoms with Crippen molar-refractivity contribution in [1.29, 1.82) is 0 Å². The first-order valence-electron chi connectivity index (χ1n) is 11.9. The Balaban J connectivity index is 2.75. The summed E-state index contributed by atoms with van der Waals surface area (Å²) < 4.78 is 11.3. The van der Waals surface area contributed by atoms with Crippen LogP contribution in [0.1, 0.15) is 113 Å². The van der Waals surface area contributed by atoms with Crippen LogP contribution in [0.4, 0.5) is 0 Å². The van der Waals surface area contributed by atoms with Crippen LogP contribution in [0.15, 0.2) is 24.3 Å². The average Bonchev–Trinajstić information content (AvgIpc) is 2.73. The van der Waals surface area contributed by atoms with E-state index in [1.54, 1.807) is 24.3 Å². The zero-order valence-electron chi connectivity index (χ0n) is 19.7. The summed E-state index contributed by atoms with van der Waals surface area (Å²) in [4.78, 5) is 25.5. The Labute approximate surface area is 183 Å². The molecular formula is C26H42O4. The summed E-state index contributed by atoms with van der Waals surface area (Å²) in [6.45, 7) is 11.2. The third-order valence-electron chi connectivity index (χ3n) is 5.70. The van der Waals surface area contributed by atoms with Gasteiger partial charge in [0.1, 0.15) is 6.10 Å². The maximum absolute atomic E-state index is 12.8. The van der Waals surface area contributed by atoms with Crippen LogP contribution in [0.2, 0.25) is 0 Å². The number of carbonyl (C=O) groups excluding carboxylic acids is 2. The number of benzene rings is 1. The summed E-state index contributed by atoms with van der Waals surface area (Å²) in [5.41, 5.74) is 0.593. The molecule has 2 unspecified atom stereocenters. The molecule has 1 aromatic carbocycles. The standard InChI is InChI=1S/C26H42O4/c1-6-9-10-15-22(14-8-3)30-26(28)24-17-12-11-16-23(24)25(27)29-19-18-21(13-7-2)20(4)5/h11-12,16-17,20-22H,6-10,13-15,18-19H2,1-5H3. The molecule has 4 nitrogen and oxygen atoms in total. The minimum absolute atomic E-state index is 0.0982. The van der Waals surface area contributed by atoms with E-state index in [4.69, 9.17) is 9.47 Å². The largest absolute Gasteiger partial charge is 0.462 e. The lowest BCUT2D eigenvalue weighted by atomic mass is 9.89. The number of carbonyl (C=O) groups is 2. The fourth-order valence-corrected chi connectivity index (χ4v) is 3.82. The molecule has 0 aliphatic rings. The Morgan fingerprint density at radius 1 is 0.800 bits per heavy atom. The smallest absolute Gasteiger partial charge is 0.339 e. The van der Waals surface area contributed by atoms with Gasteiger partial charge in [-0.15, -0.1) is 0 Å². The Morgan fingerprint density at radius 3 is 2.00 bits per heavy atom. The van der Waals surface area contributed by atoms with Gasteiger partial charge in [-0.05, 0) is 49.7 Å². The topological polar surface area (TPSA) is 52.6 Å². The summed E-state index contributed by atoms with van der Waals surface area (Å²) in [5, 5.41) is 0. The van der Waals surface area contributed by atoms with Crippen LogP contribution in [-0.4, -0.2) is 24.6 Å². The van der Waals surface area contributed by atoms with E-state index in [9.17, 15) is 9.59 Å². The monoisotopic (exact) mass is 418 g/mol. The summed E-state index contributed by atoms with van der Waals surface area (Å²) in [6.07, 6.45) is 9.00. The highest BCUT2D eigenvalue weighted by Gasteiger charge is 2.22. The first kappa shape index (κ1) is 26.2.